The van der Waals surface area contributed by atoms with Crippen LogP contribution >= 0.6 is 0 Å². The minimum absolute atomic E-state index is 0.190. The van der Waals surface area contributed by atoms with Crippen molar-refractivity contribution in [2.75, 3.05) is 26.7 Å². The van der Waals surface area contributed by atoms with Gasteiger partial charge in [-0.3, -0.25) is 4.90 Å². The number of aryl methyl sites for hydroxylation is 2. The number of ether oxygens (including phenoxy) is 3. The SMILES string of the molecule is CCCc1ccc(COc2ccc3c(c2)CCC(CN2CC(OC(=O)O)C2)=C3)c(OC)c1. The van der Waals surface area contributed by atoms with Crippen LogP contribution in [0, 0.1) is 0 Å². The Morgan fingerprint density at radius 3 is 2.75 bits per heavy atom. The van der Waals surface area contributed by atoms with E-state index in [-0.39, 0.29) is 6.10 Å². The summed E-state index contributed by atoms with van der Waals surface area (Å²) in [5.41, 5.74) is 6.24. The number of nitrogens with zero attached hydrogens (tertiary/aromatic N) is 1. The van der Waals surface area contributed by atoms with Crippen molar-refractivity contribution < 1.29 is 24.1 Å². The van der Waals surface area contributed by atoms with Gasteiger partial charge in [-0.1, -0.05) is 43.2 Å². The van der Waals surface area contributed by atoms with E-state index in [4.69, 9.17) is 19.3 Å². The molecule has 1 heterocycles. The summed E-state index contributed by atoms with van der Waals surface area (Å²) in [4.78, 5) is 12.8. The van der Waals surface area contributed by atoms with Crippen molar-refractivity contribution in [1.82, 2.24) is 4.90 Å². The minimum Gasteiger partial charge on any atom is -0.496 e. The number of hydrogen-bond acceptors (Lipinski definition) is 5. The zero-order valence-corrected chi connectivity index (χ0v) is 18.8. The van der Waals surface area contributed by atoms with Gasteiger partial charge in [0.15, 0.2) is 0 Å². The van der Waals surface area contributed by atoms with E-state index in [0.29, 0.717) is 19.7 Å². The molecule has 0 saturated carbocycles. The molecule has 0 atom stereocenters. The van der Waals surface area contributed by atoms with Gasteiger partial charge in [0, 0.05) is 25.2 Å². The Morgan fingerprint density at radius 1 is 1.16 bits per heavy atom. The third-order valence-corrected chi connectivity index (χ3v) is 6.09. The third-order valence-electron chi connectivity index (χ3n) is 6.09. The summed E-state index contributed by atoms with van der Waals surface area (Å²) >= 11 is 0. The molecule has 0 aromatic heterocycles. The summed E-state index contributed by atoms with van der Waals surface area (Å²) in [7, 11) is 1.71. The molecule has 2 aromatic carbocycles. The largest absolute Gasteiger partial charge is 0.506 e. The number of benzene rings is 2. The molecule has 0 unspecified atom stereocenters. The van der Waals surface area contributed by atoms with Crippen molar-refractivity contribution in [1.29, 1.82) is 0 Å². The van der Waals surface area contributed by atoms with Gasteiger partial charge in [0.05, 0.1) is 7.11 Å². The quantitative estimate of drug-likeness (QED) is 0.561. The highest BCUT2D eigenvalue weighted by atomic mass is 16.7. The number of carboxylic acid groups (broad SMARTS) is 1. The van der Waals surface area contributed by atoms with Crippen molar-refractivity contribution in [3.8, 4) is 11.5 Å². The van der Waals surface area contributed by atoms with E-state index >= 15 is 0 Å². The van der Waals surface area contributed by atoms with Gasteiger partial charge in [-0.05, 0) is 54.2 Å². The molecule has 4 rings (SSSR count). The van der Waals surface area contributed by atoms with E-state index in [1.807, 2.05) is 6.07 Å². The van der Waals surface area contributed by atoms with Crippen LogP contribution in [0.4, 0.5) is 4.79 Å². The molecule has 32 heavy (non-hydrogen) atoms. The van der Waals surface area contributed by atoms with Gasteiger partial charge >= 0.3 is 6.16 Å². The normalized spacial score (nSPS) is 16.0. The molecule has 6 heteroatoms. The maximum atomic E-state index is 10.6. The van der Waals surface area contributed by atoms with E-state index < -0.39 is 6.16 Å². The van der Waals surface area contributed by atoms with Gasteiger partial charge in [0.25, 0.3) is 0 Å². The lowest BCUT2D eigenvalue weighted by Crippen LogP contribution is -2.53. The summed E-state index contributed by atoms with van der Waals surface area (Å²) in [5, 5.41) is 8.68. The third kappa shape index (κ3) is 5.43. The summed E-state index contributed by atoms with van der Waals surface area (Å²) in [6, 6.07) is 12.6. The predicted molar refractivity (Wildman–Crippen MR) is 123 cm³/mol. The first-order valence-corrected chi connectivity index (χ1v) is 11.3. The lowest BCUT2D eigenvalue weighted by Gasteiger charge is -2.38. The first-order valence-electron chi connectivity index (χ1n) is 11.3. The first kappa shape index (κ1) is 22.2. The molecule has 170 valence electrons. The Balaban J connectivity index is 1.34. The number of carbonyl (C=O) groups is 1. The number of fused-ring (bicyclic) bond motifs is 1. The molecule has 0 amide bonds. The lowest BCUT2D eigenvalue weighted by molar-refractivity contribution is -0.0292. The fourth-order valence-corrected chi connectivity index (χ4v) is 4.41. The van der Waals surface area contributed by atoms with Crippen molar-refractivity contribution in [2.24, 2.45) is 0 Å². The fourth-order valence-electron chi connectivity index (χ4n) is 4.41. The molecule has 1 saturated heterocycles. The van der Waals surface area contributed by atoms with Gasteiger partial charge in [0.2, 0.25) is 0 Å². The smallest absolute Gasteiger partial charge is 0.496 e. The Morgan fingerprint density at radius 2 is 2.00 bits per heavy atom. The van der Waals surface area contributed by atoms with Gasteiger partial charge in [-0.25, -0.2) is 4.79 Å². The van der Waals surface area contributed by atoms with Crippen molar-refractivity contribution in [3.63, 3.8) is 0 Å². The highest BCUT2D eigenvalue weighted by Gasteiger charge is 2.30. The van der Waals surface area contributed by atoms with Crippen molar-refractivity contribution in [2.45, 2.75) is 45.3 Å². The van der Waals surface area contributed by atoms with Gasteiger partial charge in [-0.2, -0.15) is 0 Å². The second-order valence-corrected chi connectivity index (χ2v) is 8.55. The second-order valence-electron chi connectivity index (χ2n) is 8.55. The number of methoxy groups -OCH3 is 1. The molecule has 1 fully saturated rings. The molecule has 2 aromatic rings. The molecule has 0 radical (unpaired) electrons. The molecule has 1 aliphatic carbocycles. The number of hydrogen-bond donors (Lipinski definition) is 1. The molecule has 0 bridgehead atoms. The molecule has 2 aliphatic rings. The summed E-state index contributed by atoms with van der Waals surface area (Å²) < 4.78 is 16.5. The van der Waals surface area contributed by atoms with Crippen molar-refractivity contribution >= 4 is 12.2 Å². The zero-order chi connectivity index (χ0) is 22.5. The van der Waals surface area contributed by atoms with Crippen LogP contribution in [-0.2, 0) is 24.2 Å². The average molecular weight is 438 g/mol. The molecule has 1 aliphatic heterocycles. The van der Waals surface area contributed by atoms with Crippen LogP contribution in [0.1, 0.15) is 42.0 Å². The Labute approximate surface area is 189 Å². The lowest BCUT2D eigenvalue weighted by atomic mass is 9.91. The van der Waals surface area contributed by atoms with E-state index in [1.165, 1.54) is 22.3 Å². The topological polar surface area (TPSA) is 68.2 Å². The maximum absolute atomic E-state index is 10.6. The molecule has 6 nitrogen and oxygen atoms in total. The molecule has 1 N–H and O–H groups in total. The second kappa shape index (κ2) is 10.1. The van der Waals surface area contributed by atoms with Gasteiger partial charge < -0.3 is 19.3 Å². The predicted octanol–water partition coefficient (Wildman–Crippen LogP) is 4.94. The molecule has 0 spiro atoms. The van der Waals surface area contributed by atoms with Crippen LogP contribution in [0.3, 0.4) is 0 Å². The van der Waals surface area contributed by atoms with Crippen LogP contribution in [0.25, 0.3) is 6.08 Å². The fraction of sp³-hybridized carbons (Fsp3) is 0.423. The van der Waals surface area contributed by atoms with Crippen molar-refractivity contribution in [3.05, 3.63) is 64.2 Å². The summed E-state index contributed by atoms with van der Waals surface area (Å²) in [6.07, 6.45) is 5.02. The number of likely N-dealkylation sites (tertiary alicyclic amines) is 1. The Kier molecular flexibility index (Phi) is 7.00. The molecular formula is C26H31NO5. The van der Waals surface area contributed by atoms with Crippen LogP contribution in [-0.4, -0.2) is 49.0 Å². The maximum Gasteiger partial charge on any atom is 0.506 e. The van der Waals surface area contributed by atoms with E-state index in [0.717, 1.165) is 49.3 Å². The van der Waals surface area contributed by atoms with Gasteiger partial charge in [-0.15, -0.1) is 0 Å². The van der Waals surface area contributed by atoms with Gasteiger partial charge in [0.1, 0.15) is 24.2 Å². The van der Waals surface area contributed by atoms with E-state index in [9.17, 15) is 4.79 Å². The zero-order valence-electron chi connectivity index (χ0n) is 18.8. The minimum atomic E-state index is -1.19. The summed E-state index contributed by atoms with van der Waals surface area (Å²) in [6.45, 7) is 4.86. The standard InChI is InChI=1S/C26H31NO5/c1-3-4-18-5-8-22(25(12-18)30-2)17-31-23-10-9-20-11-19(6-7-21(20)13-23)14-27-15-24(16-27)32-26(28)29/h5,8-13,24H,3-4,6-7,14-17H2,1-2H3,(H,28,29). The van der Waals surface area contributed by atoms with Crippen LogP contribution in [0.5, 0.6) is 11.5 Å². The monoisotopic (exact) mass is 437 g/mol. The Bertz CT molecular complexity index is 994. The average Bonchev–Trinajstić information content (AvgIpc) is 2.76. The van der Waals surface area contributed by atoms with E-state index in [1.54, 1.807) is 7.11 Å². The number of rotatable bonds is 9. The van der Waals surface area contributed by atoms with Crippen LogP contribution in [0.15, 0.2) is 42.0 Å². The Hall–Kier alpha value is -2.99. The highest BCUT2D eigenvalue weighted by Crippen LogP contribution is 2.30. The summed E-state index contributed by atoms with van der Waals surface area (Å²) in [5.74, 6) is 1.75. The van der Waals surface area contributed by atoms with Crippen LogP contribution in [0.2, 0.25) is 0 Å². The van der Waals surface area contributed by atoms with E-state index in [2.05, 4.69) is 48.2 Å². The molecular weight excluding hydrogens is 406 g/mol. The first-order chi connectivity index (χ1) is 15.5. The van der Waals surface area contributed by atoms with Crippen LogP contribution < -0.4 is 9.47 Å². The highest BCUT2D eigenvalue weighted by molar-refractivity contribution is 5.61.